The number of para-hydroxylation sites is 2. The number of aromatic nitrogens is 2. The van der Waals surface area contributed by atoms with Crippen LogP contribution < -0.4 is 5.32 Å². The van der Waals surface area contributed by atoms with E-state index in [4.69, 9.17) is 0 Å². The maximum absolute atomic E-state index is 12.4. The van der Waals surface area contributed by atoms with E-state index >= 15 is 0 Å². The molecule has 146 valence electrons. The van der Waals surface area contributed by atoms with Crippen LogP contribution in [0.4, 0.5) is 0 Å². The van der Waals surface area contributed by atoms with Gasteiger partial charge >= 0.3 is 0 Å². The molecule has 28 heavy (non-hydrogen) atoms. The molecule has 0 radical (unpaired) electrons. The molecule has 1 aliphatic heterocycles. The van der Waals surface area contributed by atoms with E-state index in [0.29, 0.717) is 25.4 Å². The van der Waals surface area contributed by atoms with E-state index in [9.17, 15) is 4.79 Å². The number of nitrogens with one attached hydrogen (secondary N) is 2. The van der Waals surface area contributed by atoms with E-state index in [1.807, 2.05) is 24.3 Å². The van der Waals surface area contributed by atoms with Crippen LogP contribution in [0.3, 0.4) is 0 Å². The van der Waals surface area contributed by atoms with Crippen molar-refractivity contribution >= 4 is 16.9 Å². The molecule has 1 aromatic heterocycles. The first-order valence-electron chi connectivity index (χ1n) is 10.2. The first-order chi connectivity index (χ1) is 13.7. The van der Waals surface area contributed by atoms with Crippen molar-refractivity contribution in [1.82, 2.24) is 20.2 Å². The van der Waals surface area contributed by atoms with E-state index in [2.05, 4.69) is 51.4 Å². The normalized spacial score (nSPS) is 15.3. The Labute approximate surface area is 166 Å². The second-order valence-electron chi connectivity index (χ2n) is 7.56. The van der Waals surface area contributed by atoms with Crippen molar-refractivity contribution in [2.75, 3.05) is 13.1 Å². The molecule has 0 fully saturated rings. The number of carbonyl (C=O) groups is 1. The number of fused-ring (bicyclic) bond motifs is 2. The summed E-state index contributed by atoms with van der Waals surface area (Å²) in [6, 6.07) is 17.0. The van der Waals surface area contributed by atoms with Gasteiger partial charge in [0, 0.05) is 38.5 Å². The Balaban J connectivity index is 1.27. The topological polar surface area (TPSA) is 61.0 Å². The number of imidazole rings is 1. The lowest BCUT2D eigenvalue weighted by molar-refractivity contribution is -0.121. The summed E-state index contributed by atoms with van der Waals surface area (Å²) in [6.07, 6.45) is 3.21. The number of rotatable bonds is 7. The van der Waals surface area contributed by atoms with Gasteiger partial charge in [0.25, 0.3) is 0 Å². The molecule has 1 atom stereocenters. The van der Waals surface area contributed by atoms with Crippen molar-refractivity contribution in [3.05, 3.63) is 65.5 Å². The summed E-state index contributed by atoms with van der Waals surface area (Å²) in [5, 5.41) is 3.14. The van der Waals surface area contributed by atoms with Crippen LogP contribution >= 0.6 is 0 Å². The zero-order chi connectivity index (χ0) is 19.3. The second-order valence-corrected chi connectivity index (χ2v) is 7.56. The Morgan fingerprint density at radius 2 is 1.96 bits per heavy atom. The molecule has 0 spiro atoms. The van der Waals surface area contributed by atoms with Gasteiger partial charge in [0.05, 0.1) is 11.0 Å². The molecule has 2 N–H and O–H groups in total. The molecule has 2 heterocycles. The first-order valence-corrected chi connectivity index (χ1v) is 10.2. The van der Waals surface area contributed by atoms with Gasteiger partial charge in [-0.2, -0.15) is 0 Å². The van der Waals surface area contributed by atoms with Gasteiger partial charge in [-0.3, -0.25) is 9.69 Å². The fourth-order valence-corrected chi connectivity index (χ4v) is 4.04. The Hall–Kier alpha value is -2.66. The number of hydrogen-bond donors (Lipinski definition) is 2. The third-order valence-corrected chi connectivity index (χ3v) is 5.71. The molecule has 5 nitrogen and oxygen atoms in total. The van der Waals surface area contributed by atoms with Crippen molar-refractivity contribution in [2.45, 2.75) is 45.2 Å². The Kier molecular flexibility index (Phi) is 5.72. The molecule has 4 rings (SSSR count). The highest BCUT2D eigenvalue weighted by molar-refractivity contribution is 5.77. The highest BCUT2D eigenvalue weighted by atomic mass is 16.1. The number of benzene rings is 2. The monoisotopic (exact) mass is 376 g/mol. The minimum atomic E-state index is 0.0938. The Bertz CT molecular complexity index is 915. The molecule has 0 bridgehead atoms. The Morgan fingerprint density at radius 3 is 2.79 bits per heavy atom. The lowest BCUT2D eigenvalue weighted by Crippen LogP contribution is -2.45. The average Bonchev–Trinajstić information content (AvgIpc) is 3.15. The summed E-state index contributed by atoms with van der Waals surface area (Å²) in [5.74, 6) is 0.965. The maximum Gasteiger partial charge on any atom is 0.220 e. The second kappa shape index (κ2) is 8.57. The van der Waals surface area contributed by atoms with Crippen LogP contribution in [0.25, 0.3) is 11.0 Å². The van der Waals surface area contributed by atoms with E-state index in [1.54, 1.807) is 0 Å². The zero-order valence-corrected chi connectivity index (χ0v) is 16.4. The molecule has 1 unspecified atom stereocenters. The van der Waals surface area contributed by atoms with Gasteiger partial charge in [-0.05, 0) is 36.1 Å². The van der Waals surface area contributed by atoms with Crippen molar-refractivity contribution < 1.29 is 4.79 Å². The minimum absolute atomic E-state index is 0.0938. The van der Waals surface area contributed by atoms with Crippen molar-refractivity contribution in [1.29, 1.82) is 0 Å². The molecule has 1 amide bonds. The number of nitrogens with zero attached hydrogens (tertiary/aromatic N) is 2. The van der Waals surface area contributed by atoms with Crippen LogP contribution in [0.5, 0.6) is 0 Å². The van der Waals surface area contributed by atoms with Crippen molar-refractivity contribution in [2.24, 2.45) is 0 Å². The number of hydrogen-bond acceptors (Lipinski definition) is 3. The lowest BCUT2D eigenvalue weighted by Gasteiger charge is -2.35. The van der Waals surface area contributed by atoms with Crippen molar-refractivity contribution in [3.63, 3.8) is 0 Å². The third-order valence-electron chi connectivity index (χ3n) is 5.71. The summed E-state index contributed by atoms with van der Waals surface area (Å²) in [4.78, 5) is 22.7. The van der Waals surface area contributed by atoms with Gasteiger partial charge < -0.3 is 10.3 Å². The predicted octanol–water partition coefficient (Wildman–Crippen LogP) is 3.45. The van der Waals surface area contributed by atoms with Crippen LogP contribution in [-0.2, 0) is 24.2 Å². The molecule has 1 aliphatic rings. The lowest BCUT2D eigenvalue weighted by atomic mass is 9.98. The highest BCUT2D eigenvalue weighted by Crippen LogP contribution is 2.21. The predicted molar refractivity (Wildman–Crippen MR) is 112 cm³/mol. The summed E-state index contributed by atoms with van der Waals surface area (Å²) in [6.45, 7) is 4.94. The first kappa shape index (κ1) is 18.7. The minimum Gasteiger partial charge on any atom is -0.355 e. The van der Waals surface area contributed by atoms with Crippen LogP contribution in [0, 0.1) is 0 Å². The third kappa shape index (κ3) is 4.25. The standard InChI is InChI=1S/C23H28N4O/c1-2-19(27-14-13-17-7-3-4-8-18(17)16-27)15-24-23(28)12-11-22-25-20-9-5-6-10-21(20)26-22/h3-10,19H,2,11-16H2,1H3,(H,24,28)(H,25,26). The van der Waals surface area contributed by atoms with E-state index in [-0.39, 0.29) is 5.91 Å². The van der Waals surface area contributed by atoms with E-state index < -0.39 is 0 Å². The Morgan fingerprint density at radius 1 is 1.18 bits per heavy atom. The molecular weight excluding hydrogens is 348 g/mol. The van der Waals surface area contributed by atoms with E-state index in [1.165, 1.54) is 11.1 Å². The van der Waals surface area contributed by atoms with Crippen LogP contribution in [-0.4, -0.2) is 39.9 Å². The number of H-pyrrole nitrogens is 1. The summed E-state index contributed by atoms with van der Waals surface area (Å²) >= 11 is 0. The molecule has 5 heteroatoms. The summed E-state index contributed by atoms with van der Waals surface area (Å²) < 4.78 is 0. The fraction of sp³-hybridized carbons (Fsp3) is 0.391. The highest BCUT2D eigenvalue weighted by Gasteiger charge is 2.22. The van der Waals surface area contributed by atoms with Gasteiger partial charge in [0.15, 0.2) is 0 Å². The zero-order valence-electron chi connectivity index (χ0n) is 16.4. The molecule has 2 aromatic carbocycles. The average molecular weight is 377 g/mol. The number of aromatic amines is 1. The molecule has 0 saturated heterocycles. The van der Waals surface area contributed by atoms with Crippen LogP contribution in [0.15, 0.2) is 48.5 Å². The van der Waals surface area contributed by atoms with Gasteiger partial charge in [0.1, 0.15) is 5.82 Å². The van der Waals surface area contributed by atoms with Crippen molar-refractivity contribution in [3.8, 4) is 0 Å². The molecule has 0 saturated carbocycles. The smallest absolute Gasteiger partial charge is 0.220 e. The van der Waals surface area contributed by atoms with Gasteiger partial charge in [-0.15, -0.1) is 0 Å². The van der Waals surface area contributed by atoms with Gasteiger partial charge in [0.2, 0.25) is 5.91 Å². The van der Waals surface area contributed by atoms with Crippen LogP contribution in [0.2, 0.25) is 0 Å². The maximum atomic E-state index is 12.4. The number of aryl methyl sites for hydroxylation is 1. The van der Waals surface area contributed by atoms with Gasteiger partial charge in [-0.1, -0.05) is 43.3 Å². The van der Waals surface area contributed by atoms with Gasteiger partial charge in [-0.25, -0.2) is 4.98 Å². The number of carbonyl (C=O) groups excluding carboxylic acids is 1. The quantitative estimate of drug-likeness (QED) is 0.664. The number of amides is 1. The fourth-order valence-electron chi connectivity index (χ4n) is 4.04. The van der Waals surface area contributed by atoms with Crippen LogP contribution in [0.1, 0.15) is 36.7 Å². The SMILES string of the molecule is CCC(CNC(=O)CCc1nc2ccccc2[nH]1)N1CCc2ccccc2C1. The summed E-state index contributed by atoms with van der Waals surface area (Å²) in [5.41, 5.74) is 4.86. The summed E-state index contributed by atoms with van der Waals surface area (Å²) in [7, 11) is 0. The molecular formula is C23H28N4O. The largest absolute Gasteiger partial charge is 0.355 e. The molecule has 0 aliphatic carbocycles. The van der Waals surface area contributed by atoms with E-state index in [0.717, 1.165) is 42.8 Å². The molecule has 3 aromatic rings.